The first-order valence-electron chi connectivity index (χ1n) is 8.15. The van der Waals surface area contributed by atoms with Crippen molar-refractivity contribution in [3.63, 3.8) is 0 Å². The van der Waals surface area contributed by atoms with Crippen molar-refractivity contribution in [3.05, 3.63) is 59.2 Å². The summed E-state index contributed by atoms with van der Waals surface area (Å²) in [7, 11) is 2.40. The molecule has 0 aromatic heterocycles. The van der Waals surface area contributed by atoms with E-state index in [1.54, 1.807) is 7.05 Å². The molecule has 0 radical (unpaired) electrons. The van der Waals surface area contributed by atoms with Crippen LogP contribution in [0, 0.1) is 6.92 Å². The Kier molecular flexibility index (Phi) is 5.96. The van der Waals surface area contributed by atoms with Crippen molar-refractivity contribution in [1.29, 1.82) is 0 Å². The number of aromatic hydroxyl groups is 1. The van der Waals surface area contributed by atoms with Gasteiger partial charge in [-0.25, -0.2) is 0 Å². The topological polar surface area (TPSA) is 32.6 Å². The first-order chi connectivity index (χ1) is 11.1. The van der Waals surface area contributed by atoms with E-state index >= 15 is 0 Å². The Hall–Kier alpha value is -1.66. The molecule has 0 spiro atoms. The van der Waals surface area contributed by atoms with Gasteiger partial charge in [0.1, 0.15) is 5.75 Å². The molecular formula is C20H26NOP. The van der Waals surface area contributed by atoms with E-state index in [9.17, 15) is 5.11 Å². The molecule has 0 aliphatic heterocycles. The fourth-order valence-electron chi connectivity index (χ4n) is 3.03. The summed E-state index contributed by atoms with van der Waals surface area (Å²) < 4.78 is 0. The number of aryl methyl sites for hydroxylation is 1. The predicted octanol–water partition coefficient (Wildman–Crippen LogP) is 4.77. The highest BCUT2D eigenvalue weighted by Gasteiger charge is 2.32. The van der Waals surface area contributed by atoms with Gasteiger partial charge in [0.25, 0.3) is 0 Å². The zero-order chi connectivity index (χ0) is 16.9. The number of rotatable bonds is 6. The van der Waals surface area contributed by atoms with Crippen LogP contribution >= 0.6 is 8.58 Å². The van der Waals surface area contributed by atoms with E-state index in [0.717, 1.165) is 18.4 Å². The summed E-state index contributed by atoms with van der Waals surface area (Å²) in [5, 5.41) is 11.7. The van der Waals surface area contributed by atoms with Crippen LogP contribution in [0.4, 0.5) is 0 Å². The lowest BCUT2D eigenvalue weighted by Gasteiger charge is -2.34. The summed E-state index contributed by atoms with van der Waals surface area (Å²) in [5.41, 5.74) is 3.44. The van der Waals surface area contributed by atoms with Crippen LogP contribution in [-0.4, -0.2) is 18.4 Å². The molecule has 0 aliphatic rings. The molecule has 0 saturated heterocycles. The smallest absolute Gasteiger partial charge is 0.119 e. The van der Waals surface area contributed by atoms with Crippen LogP contribution in [0.1, 0.15) is 43.4 Å². The third kappa shape index (κ3) is 3.82. The van der Waals surface area contributed by atoms with Crippen LogP contribution < -0.4 is 5.30 Å². The second-order valence-electron chi connectivity index (χ2n) is 5.91. The molecule has 0 bridgehead atoms. The Morgan fingerprint density at radius 2 is 1.83 bits per heavy atom. The standard InChI is InChI=1S/C20H26NOP/c1-5-20(6-2,17-13-15(3)11-12-18(17)22)23-19-10-8-7-9-16(19)14-21-4/h7-14,22-23H,5-6H2,1-4H3. The molecular weight excluding hydrogens is 301 g/mol. The minimum atomic E-state index is -0.0339. The van der Waals surface area contributed by atoms with Crippen LogP contribution in [0.2, 0.25) is 0 Å². The van der Waals surface area contributed by atoms with Crippen molar-refractivity contribution in [3.8, 4) is 5.75 Å². The summed E-state index contributed by atoms with van der Waals surface area (Å²) in [6.45, 7) is 6.52. The molecule has 0 aliphatic carbocycles. The highest BCUT2D eigenvalue weighted by atomic mass is 31.1. The van der Waals surface area contributed by atoms with Gasteiger partial charge in [0.05, 0.1) is 0 Å². The van der Waals surface area contributed by atoms with Crippen LogP contribution in [0.3, 0.4) is 0 Å². The van der Waals surface area contributed by atoms with Gasteiger partial charge in [-0.15, -0.1) is 0 Å². The van der Waals surface area contributed by atoms with Crippen LogP contribution in [-0.2, 0) is 5.16 Å². The minimum absolute atomic E-state index is 0.0339. The van der Waals surface area contributed by atoms with Crippen molar-refractivity contribution >= 4 is 20.1 Å². The largest absolute Gasteiger partial charge is 0.508 e. The molecule has 2 rings (SSSR count). The summed E-state index contributed by atoms with van der Waals surface area (Å²) in [6.07, 6.45) is 3.92. The van der Waals surface area contributed by atoms with Crippen LogP contribution in [0.5, 0.6) is 5.75 Å². The highest BCUT2D eigenvalue weighted by molar-refractivity contribution is 7.48. The molecule has 0 heterocycles. The molecule has 3 heteroatoms. The van der Waals surface area contributed by atoms with Gasteiger partial charge in [0.2, 0.25) is 0 Å². The van der Waals surface area contributed by atoms with Gasteiger partial charge in [0.15, 0.2) is 0 Å². The predicted molar refractivity (Wildman–Crippen MR) is 103 cm³/mol. The van der Waals surface area contributed by atoms with Gasteiger partial charge >= 0.3 is 0 Å². The molecule has 0 fully saturated rings. The Morgan fingerprint density at radius 1 is 1.13 bits per heavy atom. The quantitative estimate of drug-likeness (QED) is 0.602. The Labute approximate surface area is 141 Å². The molecule has 122 valence electrons. The zero-order valence-corrected chi connectivity index (χ0v) is 15.4. The average molecular weight is 327 g/mol. The van der Waals surface area contributed by atoms with Crippen LogP contribution in [0.15, 0.2) is 47.5 Å². The monoisotopic (exact) mass is 327 g/mol. The number of benzene rings is 2. The zero-order valence-electron chi connectivity index (χ0n) is 14.4. The maximum Gasteiger partial charge on any atom is 0.119 e. The van der Waals surface area contributed by atoms with E-state index in [-0.39, 0.29) is 5.16 Å². The maximum atomic E-state index is 10.5. The molecule has 0 amide bonds. The average Bonchev–Trinajstić information content (AvgIpc) is 2.57. The van der Waals surface area contributed by atoms with Gasteiger partial charge in [-0.2, -0.15) is 0 Å². The molecule has 2 aromatic rings. The molecule has 23 heavy (non-hydrogen) atoms. The second kappa shape index (κ2) is 7.75. The van der Waals surface area contributed by atoms with E-state index in [1.807, 2.05) is 18.3 Å². The SMILES string of the molecule is CCC(CC)(Pc1ccccc1C=NC)c1cc(C)ccc1O. The van der Waals surface area contributed by atoms with E-state index in [1.165, 1.54) is 16.4 Å². The third-order valence-electron chi connectivity index (χ3n) is 4.48. The van der Waals surface area contributed by atoms with E-state index in [0.29, 0.717) is 14.3 Å². The summed E-state index contributed by atoms with van der Waals surface area (Å²) >= 11 is 0. The summed E-state index contributed by atoms with van der Waals surface area (Å²) in [6, 6.07) is 14.4. The van der Waals surface area contributed by atoms with Gasteiger partial charge in [-0.1, -0.05) is 64.4 Å². The molecule has 2 aromatic carbocycles. The lowest BCUT2D eigenvalue weighted by molar-refractivity contribution is 0.448. The Balaban J connectivity index is 2.52. The lowest BCUT2D eigenvalue weighted by atomic mass is 9.91. The number of hydrogen-bond donors (Lipinski definition) is 1. The minimum Gasteiger partial charge on any atom is -0.508 e. The lowest BCUT2D eigenvalue weighted by Crippen LogP contribution is -2.23. The van der Waals surface area contributed by atoms with Crippen molar-refractivity contribution in [2.24, 2.45) is 4.99 Å². The summed E-state index contributed by atoms with van der Waals surface area (Å²) in [5.74, 6) is 0.411. The first kappa shape index (κ1) is 17.7. The number of phenols is 1. The fraction of sp³-hybridized carbons (Fsp3) is 0.350. The van der Waals surface area contributed by atoms with E-state index in [2.05, 4.69) is 56.1 Å². The highest BCUT2D eigenvalue weighted by Crippen LogP contribution is 2.50. The molecule has 1 atom stereocenters. The number of nitrogens with zero attached hydrogens (tertiary/aromatic N) is 1. The number of aliphatic imine (C=N–C) groups is 1. The van der Waals surface area contributed by atoms with Crippen molar-refractivity contribution in [2.45, 2.75) is 38.8 Å². The normalized spacial score (nSPS) is 12.5. The number of hydrogen-bond acceptors (Lipinski definition) is 2. The molecule has 0 saturated carbocycles. The van der Waals surface area contributed by atoms with Gasteiger partial charge in [0, 0.05) is 24.0 Å². The second-order valence-corrected chi connectivity index (χ2v) is 7.66. The molecule has 2 nitrogen and oxygen atoms in total. The molecule has 1 N–H and O–H groups in total. The first-order valence-corrected chi connectivity index (χ1v) is 9.15. The van der Waals surface area contributed by atoms with E-state index in [4.69, 9.17) is 0 Å². The van der Waals surface area contributed by atoms with Crippen LogP contribution in [0.25, 0.3) is 0 Å². The Morgan fingerprint density at radius 3 is 2.48 bits per heavy atom. The van der Waals surface area contributed by atoms with E-state index < -0.39 is 0 Å². The van der Waals surface area contributed by atoms with Crippen molar-refractivity contribution < 1.29 is 5.11 Å². The summed E-state index contributed by atoms with van der Waals surface area (Å²) in [4.78, 5) is 4.18. The van der Waals surface area contributed by atoms with Gasteiger partial charge in [-0.05, 0) is 36.7 Å². The fourth-order valence-corrected chi connectivity index (χ4v) is 4.70. The van der Waals surface area contributed by atoms with Gasteiger partial charge in [-0.3, -0.25) is 4.99 Å². The third-order valence-corrected chi connectivity index (χ3v) is 6.66. The maximum absolute atomic E-state index is 10.5. The Bertz CT molecular complexity index is 690. The van der Waals surface area contributed by atoms with Crippen molar-refractivity contribution in [2.75, 3.05) is 7.05 Å². The van der Waals surface area contributed by atoms with Gasteiger partial charge < -0.3 is 5.11 Å². The number of phenolic OH excluding ortho intramolecular Hbond substituents is 1. The van der Waals surface area contributed by atoms with Crippen molar-refractivity contribution in [1.82, 2.24) is 0 Å². The molecule has 1 unspecified atom stereocenters.